The van der Waals surface area contributed by atoms with Crippen LogP contribution in [0.15, 0.2) is 48.0 Å². The fourth-order valence-electron chi connectivity index (χ4n) is 2.39. The monoisotopic (exact) mass is 298 g/mol. The number of fused-ring (bicyclic) bond motifs is 1. The molecule has 0 atom stereocenters. The molecule has 4 heteroatoms. The maximum absolute atomic E-state index is 13.6. The lowest BCUT2D eigenvalue weighted by atomic mass is 9.98. The Morgan fingerprint density at radius 3 is 2.91 bits per heavy atom. The van der Waals surface area contributed by atoms with Crippen LogP contribution < -0.4 is 9.47 Å². The van der Waals surface area contributed by atoms with Gasteiger partial charge >= 0.3 is 0 Å². The summed E-state index contributed by atoms with van der Waals surface area (Å²) in [5.41, 5.74) is 1.60. The van der Waals surface area contributed by atoms with Crippen molar-refractivity contribution < 1.29 is 18.7 Å². The van der Waals surface area contributed by atoms with Crippen molar-refractivity contribution in [1.29, 1.82) is 0 Å². The van der Waals surface area contributed by atoms with Crippen molar-refractivity contribution in [2.75, 3.05) is 13.2 Å². The highest BCUT2D eigenvalue weighted by Crippen LogP contribution is 2.30. The van der Waals surface area contributed by atoms with Crippen LogP contribution in [-0.4, -0.2) is 19.0 Å². The number of para-hydroxylation sites is 1. The molecule has 0 amide bonds. The Hall–Kier alpha value is -2.62. The van der Waals surface area contributed by atoms with Gasteiger partial charge in [-0.2, -0.15) is 0 Å². The van der Waals surface area contributed by atoms with E-state index in [1.807, 2.05) is 31.2 Å². The fourth-order valence-corrected chi connectivity index (χ4v) is 2.39. The Balaban J connectivity index is 1.93. The summed E-state index contributed by atoms with van der Waals surface area (Å²) in [6.45, 7) is 2.55. The second kappa shape index (κ2) is 6.02. The molecule has 1 heterocycles. The Bertz CT molecular complexity index is 750. The maximum atomic E-state index is 13.6. The lowest BCUT2D eigenvalue weighted by molar-refractivity contribution is 0.0998. The minimum Gasteiger partial charge on any atom is -0.494 e. The number of ketones is 1. The van der Waals surface area contributed by atoms with Crippen LogP contribution in [0.3, 0.4) is 0 Å². The van der Waals surface area contributed by atoms with Crippen LogP contribution >= 0.6 is 0 Å². The summed E-state index contributed by atoms with van der Waals surface area (Å²) in [5.74, 6) is 0.0611. The second-order valence-corrected chi connectivity index (χ2v) is 4.91. The molecule has 0 fully saturated rings. The number of carbonyl (C=O) groups excluding carboxylic acids is 1. The number of hydrogen-bond acceptors (Lipinski definition) is 3. The van der Waals surface area contributed by atoms with Crippen LogP contribution in [0, 0.1) is 5.82 Å². The number of rotatable bonds is 3. The third-order valence-corrected chi connectivity index (χ3v) is 3.39. The first-order valence-corrected chi connectivity index (χ1v) is 7.08. The highest BCUT2D eigenvalue weighted by Gasteiger charge is 2.25. The van der Waals surface area contributed by atoms with Crippen molar-refractivity contribution in [3.05, 3.63) is 65.0 Å². The molecule has 1 aliphatic heterocycles. The van der Waals surface area contributed by atoms with Crippen molar-refractivity contribution in [3.63, 3.8) is 0 Å². The average molecular weight is 298 g/mol. The van der Waals surface area contributed by atoms with Crippen LogP contribution in [0.2, 0.25) is 0 Å². The molecule has 0 bridgehead atoms. The van der Waals surface area contributed by atoms with Crippen molar-refractivity contribution in [1.82, 2.24) is 0 Å². The van der Waals surface area contributed by atoms with Crippen molar-refractivity contribution in [3.8, 4) is 11.5 Å². The van der Waals surface area contributed by atoms with E-state index in [4.69, 9.17) is 9.47 Å². The van der Waals surface area contributed by atoms with Crippen molar-refractivity contribution in [2.45, 2.75) is 6.92 Å². The number of halogens is 1. The summed E-state index contributed by atoms with van der Waals surface area (Å²) in [5, 5.41) is 0. The number of benzene rings is 2. The summed E-state index contributed by atoms with van der Waals surface area (Å²) in [4.78, 5) is 12.4. The molecule has 0 aliphatic carbocycles. The molecule has 0 aromatic heterocycles. The molecule has 0 spiro atoms. The first-order chi connectivity index (χ1) is 10.7. The van der Waals surface area contributed by atoms with Gasteiger partial charge in [0, 0.05) is 5.57 Å². The standard InChI is InChI=1S/C18H15FO3/c1-2-21-14-6-3-5-12(10-14)9-13-11-22-18-15(17(13)20)7-4-8-16(18)19/h3-10H,2,11H2,1H3. The highest BCUT2D eigenvalue weighted by atomic mass is 19.1. The number of ether oxygens (including phenoxy) is 2. The number of Topliss-reactive ketones (excluding diaryl/α,β-unsaturated/α-hetero) is 1. The van der Waals surface area contributed by atoms with Gasteiger partial charge in [0.25, 0.3) is 0 Å². The Labute approximate surface area is 128 Å². The molecule has 1 aliphatic rings. The first-order valence-electron chi connectivity index (χ1n) is 7.08. The van der Waals surface area contributed by atoms with E-state index in [1.165, 1.54) is 12.1 Å². The Kier molecular flexibility index (Phi) is 3.92. The Morgan fingerprint density at radius 1 is 1.27 bits per heavy atom. The van der Waals surface area contributed by atoms with Crippen LogP contribution in [0.25, 0.3) is 6.08 Å². The minimum absolute atomic E-state index is 0.0349. The molecule has 0 saturated carbocycles. The summed E-state index contributed by atoms with van der Waals surface area (Å²) in [6, 6.07) is 11.8. The summed E-state index contributed by atoms with van der Waals surface area (Å²) in [6.07, 6.45) is 1.75. The van der Waals surface area contributed by atoms with Crippen molar-refractivity contribution in [2.24, 2.45) is 0 Å². The van der Waals surface area contributed by atoms with E-state index in [-0.39, 0.29) is 23.7 Å². The molecule has 112 valence electrons. The topological polar surface area (TPSA) is 35.5 Å². The van der Waals surface area contributed by atoms with Crippen molar-refractivity contribution >= 4 is 11.9 Å². The summed E-state index contributed by atoms with van der Waals surface area (Å²) < 4.78 is 24.5. The quantitative estimate of drug-likeness (QED) is 0.807. The van der Waals surface area contributed by atoms with Gasteiger partial charge < -0.3 is 9.47 Å². The van der Waals surface area contributed by atoms with Gasteiger partial charge in [-0.15, -0.1) is 0 Å². The minimum atomic E-state index is -0.511. The van der Waals surface area contributed by atoms with E-state index in [1.54, 1.807) is 12.1 Å². The van der Waals surface area contributed by atoms with Gasteiger partial charge in [-0.25, -0.2) is 4.39 Å². The molecule has 0 radical (unpaired) electrons. The van der Waals surface area contributed by atoms with E-state index in [9.17, 15) is 9.18 Å². The highest BCUT2D eigenvalue weighted by molar-refractivity contribution is 6.14. The predicted molar refractivity (Wildman–Crippen MR) is 81.8 cm³/mol. The zero-order chi connectivity index (χ0) is 15.5. The van der Waals surface area contributed by atoms with E-state index >= 15 is 0 Å². The van der Waals surface area contributed by atoms with Crippen LogP contribution in [-0.2, 0) is 0 Å². The van der Waals surface area contributed by atoms with Gasteiger partial charge in [0.2, 0.25) is 0 Å². The molecule has 2 aromatic carbocycles. The zero-order valence-electron chi connectivity index (χ0n) is 12.1. The van der Waals surface area contributed by atoms with Gasteiger partial charge in [-0.05, 0) is 42.8 Å². The average Bonchev–Trinajstić information content (AvgIpc) is 2.51. The molecule has 3 nitrogen and oxygen atoms in total. The molecule has 0 N–H and O–H groups in total. The van der Waals surface area contributed by atoms with Gasteiger partial charge in [0.1, 0.15) is 12.4 Å². The lowest BCUT2D eigenvalue weighted by Crippen LogP contribution is -2.19. The molecular formula is C18H15FO3. The third kappa shape index (κ3) is 2.72. The van der Waals surface area contributed by atoms with E-state index in [0.29, 0.717) is 12.2 Å². The number of carbonyl (C=O) groups is 1. The molecule has 0 unspecified atom stereocenters. The SMILES string of the molecule is CCOc1cccc(C=C2COc3c(F)cccc3C2=O)c1. The molecule has 0 saturated heterocycles. The van der Waals surface area contributed by atoms with Gasteiger partial charge in [-0.1, -0.05) is 18.2 Å². The van der Waals surface area contributed by atoms with E-state index in [0.717, 1.165) is 11.3 Å². The van der Waals surface area contributed by atoms with Gasteiger partial charge in [-0.3, -0.25) is 4.79 Å². The largest absolute Gasteiger partial charge is 0.494 e. The van der Waals surface area contributed by atoms with E-state index < -0.39 is 5.82 Å². The zero-order valence-corrected chi connectivity index (χ0v) is 12.1. The van der Waals surface area contributed by atoms with Crippen LogP contribution in [0.4, 0.5) is 4.39 Å². The molecule has 2 aromatic rings. The summed E-state index contributed by atoms with van der Waals surface area (Å²) in [7, 11) is 0. The number of hydrogen-bond donors (Lipinski definition) is 0. The smallest absolute Gasteiger partial charge is 0.196 e. The second-order valence-electron chi connectivity index (χ2n) is 4.91. The lowest BCUT2D eigenvalue weighted by Gasteiger charge is -2.19. The van der Waals surface area contributed by atoms with Gasteiger partial charge in [0.15, 0.2) is 17.3 Å². The first kappa shape index (κ1) is 14.3. The van der Waals surface area contributed by atoms with E-state index in [2.05, 4.69) is 0 Å². The third-order valence-electron chi connectivity index (χ3n) is 3.39. The molecular weight excluding hydrogens is 283 g/mol. The summed E-state index contributed by atoms with van der Waals surface area (Å²) >= 11 is 0. The van der Waals surface area contributed by atoms with Crippen LogP contribution in [0.1, 0.15) is 22.8 Å². The molecule has 3 rings (SSSR count). The van der Waals surface area contributed by atoms with Gasteiger partial charge in [0.05, 0.1) is 12.2 Å². The normalized spacial score (nSPS) is 15.4. The maximum Gasteiger partial charge on any atom is 0.196 e. The molecule has 22 heavy (non-hydrogen) atoms. The van der Waals surface area contributed by atoms with Crippen LogP contribution in [0.5, 0.6) is 11.5 Å². The fraction of sp³-hybridized carbons (Fsp3) is 0.167. The predicted octanol–water partition coefficient (Wildman–Crippen LogP) is 3.88. The Morgan fingerprint density at radius 2 is 2.09 bits per heavy atom.